The molecule has 1 aromatic heterocycles. The van der Waals surface area contributed by atoms with E-state index in [0.29, 0.717) is 5.41 Å². The number of halogens is 2. The maximum atomic E-state index is 3.63. The summed E-state index contributed by atoms with van der Waals surface area (Å²) in [4.78, 5) is 0. The summed E-state index contributed by atoms with van der Waals surface area (Å²) in [7, 11) is 0. The lowest BCUT2D eigenvalue weighted by atomic mass is 9.86. The Balaban J connectivity index is 1.80. The minimum absolute atomic E-state index is 0.385. The Labute approximate surface area is 125 Å². The molecule has 1 heterocycles. The van der Waals surface area contributed by atoms with E-state index in [-0.39, 0.29) is 0 Å². The summed E-state index contributed by atoms with van der Waals surface area (Å²) in [5.74, 6) is 0. The highest BCUT2D eigenvalue weighted by atomic mass is 79.9. The molecule has 96 valence electrons. The van der Waals surface area contributed by atoms with Gasteiger partial charge in [0.1, 0.15) is 0 Å². The average molecular weight is 381 g/mol. The average Bonchev–Trinajstić information content (AvgIpc) is 3.00. The number of aryl methyl sites for hydroxylation is 1. The van der Waals surface area contributed by atoms with Crippen molar-refractivity contribution in [3.05, 3.63) is 19.2 Å². The predicted octanol–water partition coefficient (Wildman–Crippen LogP) is 4.98. The molecule has 0 aliphatic heterocycles. The van der Waals surface area contributed by atoms with Gasteiger partial charge in [-0.05, 0) is 74.6 Å². The largest absolute Gasteiger partial charge is 0.313 e. The molecule has 1 aliphatic rings. The van der Waals surface area contributed by atoms with E-state index in [4.69, 9.17) is 0 Å². The second-order valence-electron chi connectivity index (χ2n) is 5.67. The van der Waals surface area contributed by atoms with Crippen LogP contribution < -0.4 is 5.32 Å². The molecule has 0 radical (unpaired) electrons. The fraction of sp³-hybridized carbons (Fsp3) is 0.692. The van der Waals surface area contributed by atoms with E-state index < -0.39 is 0 Å². The fourth-order valence-corrected chi connectivity index (χ4v) is 4.73. The highest BCUT2D eigenvalue weighted by Crippen LogP contribution is 2.34. The number of hydrogen-bond donors (Lipinski definition) is 1. The van der Waals surface area contributed by atoms with Crippen molar-refractivity contribution in [2.45, 2.75) is 45.6 Å². The van der Waals surface area contributed by atoms with Crippen LogP contribution in [0.3, 0.4) is 0 Å². The Morgan fingerprint density at radius 2 is 2.12 bits per heavy atom. The lowest BCUT2D eigenvalue weighted by molar-refractivity contribution is 0.313. The van der Waals surface area contributed by atoms with Crippen LogP contribution in [0.5, 0.6) is 0 Å². The van der Waals surface area contributed by atoms with Crippen LogP contribution in [-0.2, 0) is 6.42 Å². The molecule has 1 fully saturated rings. The molecule has 17 heavy (non-hydrogen) atoms. The zero-order valence-corrected chi connectivity index (χ0v) is 14.3. The van der Waals surface area contributed by atoms with Crippen molar-refractivity contribution in [1.29, 1.82) is 0 Å². The van der Waals surface area contributed by atoms with Crippen LogP contribution in [-0.4, -0.2) is 12.6 Å². The minimum atomic E-state index is 0.385. The first-order chi connectivity index (χ1) is 7.96. The Kier molecular flexibility index (Phi) is 4.73. The van der Waals surface area contributed by atoms with Crippen LogP contribution in [0.4, 0.5) is 0 Å². The second kappa shape index (κ2) is 5.72. The van der Waals surface area contributed by atoms with Gasteiger partial charge in [-0.2, -0.15) is 0 Å². The smallest absolute Gasteiger partial charge is 0.0742 e. The standard InChI is InChI=1S/C13H19Br2NS/c1-13(2,8-16-10-3-4-10)6-5-9-7-11(14)17-12(9)15/h7,10,16H,3-6,8H2,1-2H3. The Morgan fingerprint density at radius 1 is 1.41 bits per heavy atom. The summed E-state index contributed by atoms with van der Waals surface area (Å²) < 4.78 is 2.49. The molecule has 0 aromatic carbocycles. The molecule has 0 unspecified atom stereocenters. The van der Waals surface area contributed by atoms with Crippen LogP contribution >= 0.6 is 43.2 Å². The lowest BCUT2D eigenvalue weighted by Crippen LogP contribution is -2.31. The second-order valence-corrected chi connectivity index (χ2v) is 9.42. The lowest BCUT2D eigenvalue weighted by Gasteiger charge is -2.25. The molecule has 0 atom stereocenters. The molecule has 0 saturated heterocycles. The van der Waals surface area contributed by atoms with Crippen molar-refractivity contribution in [1.82, 2.24) is 5.32 Å². The molecule has 2 rings (SSSR count). The van der Waals surface area contributed by atoms with Gasteiger partial charge >= 0.3 is 0 Å². The molecule has 1 aliphatic carbocycles. The van der Waals surface area contributed by atoms with Crippen LogP contribution in [0.15, 0.2) is 13.6 Å². The highest BCUT2D eigenvalue weighted by Gasteiger charge is 2.25. The molecule has 1 N–H and O–H groups in total. The van der Waals surface area contributed by atoms with E-state index in [0.717, 1.165) is 19.0 Å². The van der Waals surface area contributed by atoms with Gasteiger partial charge < -0.3 is 5.32 Å². The third kappa shape index (κ3) is 4.66. The van der Waals surface area contributed by atoms with Crippen molar-refractivity contribution in [3.8, 4) is 0 Å². The molecule has 1 nitrogen and oxygen atoms in total. The van der Waals surface area contributed by atoms with Crippen molar-refractivity contribution in [2.75, 3.05) is 6.54 Å². The van der Waals surface area contributed by atoms with E-state index in [2.05, 4.69) is 57.1 Å². The molecular formula is C13H19Br2NS. The summed E-state index contributed by atoms with van der Waals surface area (Å²) in [5, 5.41) is 3.63. The van der Waals surface area contributed by atoms with Gasteiger partial charge in [-0.15, -0.1) is 11.3 Å². The van der Waals surface area contributed by atoms with Gasteiger partial charge in [-0.3, -0.25) is 0 Å². The van der Waals surface area contributed by atoms with E-state index in [1.165, 1.54) is 32.4 Å². The first-order valence-corrected chi connectivity index (χ1v) is 8.54. The number of hydrogen-bond acceptors (Lipinski definition) is 2. The first kappa shape index (κ1) is 14.0. The van der Waals surface area contributed by atoms with Crippen LogP contribution in [0.25, 0.3) is 0 Å². The van der Waals surface area contributed by atoms with E-state index in [9.17, 15) is 0 Å². The molecule has 0 spiro atoms. The Bertz CT molecular complexity index is 383. The van der Waals surface area contributed by atoms with Gasteiger partial charge in [0.05, 0.1) is 7.57 Å². The topological polar surface area (TPSA) is 12.0 Å². The van der Waals surface area contributed by atoms with Gasteiger partial charge in [0.2, 0.25) is 0 Å². The summed E-state index contributed by atoms with van der Waals surface area (Å²) in [6, 6.07) is 3.05. The van der Waals surface area contributed by atoms with Crippen molar-refractivity contribution in [3.63, 3.8) is 0 Å². The number of nitrogens with one attached hydrogen (secondary N) is 1. The summed E-state index contributed by atoms with van der Waals surface area (Å²) in [5.41, 5.74) is 1.82. The maximum Gasteiger partial charge on any atom is 0.0742 e. The molecule has 1 saturated carbocycles. The molecule has 1 aromatic rings. The summed E-state index contributed by atoms with van der Waals surface area (Å²) in [6.45, 7) is 5.86. The third-order valence-electron chi connectivity index (χ3n) is 3.25. The van der Waals surface area contributed by atoms with E-state index >= 15 is 0 Å². The maximum absolute atomic E-state index is 3.63. The molecule has 0 bridgehead atoms. The van der Waals surface area contributed by atoms with Gasteiger partial charge in [0.25, 0.3) is 0 Å². The summed E-state index contributed by atoms with van der Waals surface area (Å²) >= 11 is 8.93. The van der Waals surface area contributed by atoms with Crippen molar-refractivity contribution >= 4 is 43.2 Å². The third-order valence-corrected chi connectivity index (χ3v) is 5.71. The van der Waals surface area contributed by atoms with Gasteiger partial charge in [-0.1, -0.05) is 13.8 Å². The molecule has 4 heteroatoms. The van der Waals surface area contributed by atoms with Gasteiger partial charge in [-0.25, -0.2) is 0 Å². The van der Waals surface area contributed by atoms with Crippen LogP contribution in [0, 0.1) is 5.41 Å². The van der Waals surface area contributed by atoms with Crippen molar-refractivity contribution < 1.29 is 0 Å². The van der Waals surface area contributed by atoms with Crippen molar-refractivity contribution in [2.24, 2.45) is 5.41 Å². The quantitative estimate of drug-likeness (QED) is 0.733. The van der Waals surface area contributed by atoms with E-state index in [1.807, 2.05) is 0 Å². The van der Waals surface area contributed by atoms with Crippen LogP contribution in [0.2, 0.25) is 0 Å². The Morgan fingerprint density at radius 3 is 2.65 bits per heavy atom. The van der Waals surface area contributed by atoms with Crippen LogP contribution in [0.1, 0.15) is 38.7 Å². The summed E-state index contributed by atoms with van der Waals surface area (Å²) in [6.07, 6.45) is 5.13. The SMILES string of the molecule is CC(C)(CCc1cc(Br)sc1Br)CNC1CC1. The predicted molar refractivity (Wildman–Crippen MR) is 82.8 cm³/mol. The fourth-order valence-electron chi connectivity index (χ4n) is 1.81. The first-order valence-electron chi connectivity index (χ1n) is 6.13. The Hall–Kier alpha value is 0.620. The molecule has 0 amide bonds. The normalized spacial score (nSPS) is 16.5. The molecular weight excluding hydrogens is 362 g/mol. The van der Waals surface area contributed by atoms with E-state index in [1.54, 1.807) is 11.3 Å². The van der Waals surface area contributed by atoms with Gasteiger partial charge in [0.15, 0.2) is 0 Å². The van der Waals surface area contributed by atoms with Gasteiger partial charge in [0, 0.05) is 12.6 Å². The number of thiophene rings is 1. The zero-order valence-electron chi connectivity index (χ0n) is 10.4. The highest BCUT2D eigenvalue weighted by molar-refractivity contribution is 9.12. The zero-order chi connectivity index (χ0) is 12.5. The monoisotopic (exact) mass is 379 g/mol. The number of rotatable bonds is 6. The minimum Gasteiger partial charge on any atom is -0.313 e.